The van der Waals surface area contributed by atoms with Gasteiger partial charge in [-0.3, -0.25) is 4.21 Å². The van der Waals surface area contributed by atoms with Crippen LogP contribution in [0.1, 0.15) is 12.8 Å². The topological polar surface area (TPSA) is 54.9 Å². The van der Waals surface area contributed by atoms with Gasteiger partial charge in [0.25, 0.3) is 0 Å². The number of aromatic nitrogens is 2. The van der Waals surface area contributed by atoms with Gasteiger partial charge < -0.3 is 5.32 Å². The summed E-state index contributed by atoms with van der Waals surface area (Å²) in [7, 11) is -0.602. The van der Waals surface area contributed by atoms with Gasteiger partial charge in [0.05, 0.1) is 0 Å². The summed E-state index contributed by atoms with van der Waals surface area (Å²) in [4.78, 5) is 8.32. The molecular weight excluding hydrogens is 242 g/mol. The fourth-order valence-electron chi connectivity index (χ4n) is 1.68. The highest BCUT2D eigenvalue weighted by Crippen LogP contribution is 2.17. The Morgan fingerprint density at radius 3 is 2.88 bits per heavy atom. The van der Waals surface area contributed by atoms with Gasteiger partial charge in [0.1, 0.15) is 17.2 Å². The highest BCUT2D eigenvalue weighted by Gasteiger charge is 2.17. The lowest BCUT2D eigenvalue weighted by atomic mass is 10.1. The molecule has 0 spiro atoms. The molecule has 16 heavy (non-hydrogen) atoms. The van der Waals surface area contributed by atoms with Crippen LogP contribution in [0.3, 0.4) is 0 Å². The number of hydrogen-bond acceptors (Lipinski definition) is 5. The van der Waals surface area contributed by atoms with Crippen molar-refractivity contribution in [2.45, 2.75) is 23.9 Å². The van der Waals surface area contributed by atoms with Crippen LogP contribution in [0.4, 0.5) is 5.82 Å². The Balaban J connectivity index is 1.95. The second-order valence-electron chi connectivity index (χ2n) is 3.71. The minimum Gasteiger partial charge on any atom is -0.367 e. The van der Waals surface area contributed by atoms with Gasteiger partial charge >= 0.3 is 0 Å². The Bertz CT molecular complexity index is 376. The van der Waals surface area contributed by atoms with Gasteiger partial charge in [0.15, 0.2) is 0 Å². The van der Waals surface area contributed by atoms with E-state index in [2.05, 4.69) is 15.3 Å². The number of anilines is 1. The van der Waals surface area contributed by atoms with Gasteiger partial charge in [-0.1, -0.05) is 0 Å². The molecule has 4 nitrogen and oxygen atoms in total. The third-order valence-electron chi connectivity index (χ3n) is 2.59. The summed E-state index contributed by atoms with van der Waals surface area (Å²) in [6.45, 7) is 0. The second-order valence-corrected chi connectivity index (χ2v) is 6.23. The molecule has 0 unspecified atom stereocenters. The molecule has 1 aliphatic heterocycles. The van der Waals surface area contributed by atoms with Crippen LogP contribution in [-0.2, 0) is 10.8 Å². The van der Waals surface area contributed by atoms with Gasteiger partial charge in [0.2, 0.25) is 0 Å². The lowest BCUT2D eigenvalue weighted by Gasteiger charge is -2.22. The van der Waals surface area contributed by atoms with Crippen molar-refractivity contribution in [3.8, 4) is 0 Å². The lowest BCUT2D eigenvalue weighted by Crippen LogP contribution is -2.29. The zero-order valence-corrected chi connectivity index (χ0v) is 10.8. The van der Waals surface area contributed by atoms with Crippen molar-refractivity contribution >= 4 is 28.4 Å². The fraction of sp³-hybridized carbons (Fsp3) is 0.600. The van der Waals surface area contributed by atoms with Crippen molar-refractivity contribution in [1.29, 1.82) is 0 Å². The van der Waals surface area contributed by atoms with E-state index >= 15 is 0 Å². The predicted molar refractivity (Wildman–Crippen MR) is 68.3 cm³/mol. The van der Waals surface area contributed by atoms with Crippen molar-refractivity contribution in [2.24, 2.45) is 0 Å². The van der Waals surface area contributed by atoms with Crippen molar-refractivity contribution in [2.75, 3.05) is 23.1 Å². The molecule has 0 amide bonds. The average Bonchev–Trinajstić information content (AvgIpc) is 2.32. The molecule has 1 N–H and O–H groups in total. The largest absolute Gasteiger partial charge is 0.367 e. The summed E-state index contributed by atoms with van der Waals surface area (Å²) in [5.41, 5.74) is 0. The molecular formula is C10H15N3OS2. The van der Waals surface area contributed by atoms with Crippen LogP contribution < -0.4 is 5.32 Å². The fourth-order valence-corrected chi connectivity index (χ4v) is 3.36. The van der Waals surface area contributed by atoms with Gasteiger partial charge in [-0.15, -0.1) is 11.8 Å². The first-order valence-corrected chi connectivity index (χ1v) is 7.97. The molecule has 1 saturated heterocycles. The van der Waals surface area contributed by atoms with E-state index in [-0.39, 0.29) is 0 Å². The zero-order valence-electron chi connectivity index (χ0n) is 9.18. The zero-order chi connectivity index (χ0) is 11.4. The lowest BCUT2D eigenvalue weighted by molar-refractivity contribution is 0.622. The monoisotopic (exact) mass is 257 g/mol. The molecule has 0 bridgehead atoms. The van der Waals surface area contributed by atoms with Crippen LogP contribution >= 0.6 is 11.8 Å². The Hall–Kier alpha value is -0.620. The predicted octanol–water partition coefficient (Wildman–Crippen LogP) is 1.52. The van der Waals surface area contributed by atoms with E-state index in [1.807, 2.05) is 12.3 Å². The smallest absolute Gasteiger partial charge is 0.130 e. The average molecular weight is 257 g/mol. The van der Waals surface area contributed by atoms with Gasteiger partial charge in [-0.25, -0.2) is 9.97 Å². The molecule has 0 aliphatic carbocycles. The maximum Gasteiger partial charge on any atom is 0.130 e. The van der Waals surface area contributed by atoms with Crippen LogP contribution in [0.2, 0.25) is 0 Å². The van der Waals surface area contributed by atoms with Crippen LogP contribution in [0, 0.1) is 0 Å². The maximum atomic E-state index is 11.2. The summed E-state index contributed by atoms with van der Waals surface area (Å²) in [6, 6.07) is 2.36. The Kier molecular flexibility index (Phi) is 4.17. The van der Waals surface area contributed by atoms with Crippen LogP contribution in [0.5, 0.6) is 0 Å². The van der Waals surface area contributed by atoms with Crippen LogP contribution in [0.25, 0.3) is 0 Å². The van der Waals surface area contributed by atoms with E-state index in [1.54, 1.807) is 18.1 Å². The van der Waals surface area contributed by atoms with Crippen molar-refractivity contribution in [3.05, 3.63) is 12.4 Å². The molecule has 2 heterocycles. The first-order valence-electron chi connectivity index (χ1n) is 5.25. The molecule has 0 aromatic carbocycles. The number of nitrogens with zero attached hydrogens (tertiary/aromatic N) is 2. The summed E-state index contributed by atoms with van der Waals surface area (Å²) in [5, 5.41) is 4.35. The van der Waals surface area contributed by atoms with E-state index in [4.69, 9.17) is 0 Å². The molecule has 1 aromatic rings. The molecule has 1 fully saturated rings. The standard InChI is InChI=1S/C10H15N3OS2/c1-15-10-6-9(11-7-12-10)13-8-2-4-16(14)5-3-8/h6-8H,2-5H2,1H3,(H,11,12,13). The quantitative estimate of drug-likeness (QED) is 0.657. The normalized spacial score (nSPS) is 25.3. The van der Waals surface area contributed by atoms with Crippen LogP contribution in [-0.4, -0.2) is 38.0 Å². The molecule has 1 aromatic heterocycles. The van der Waals surface area contributed by atoms with Crippen LogP contribution in [0.15, 0.2) is 17.4 Å². The molecule has 2 rings (SSSR count). The first-order chi connectivity index (χ1) is 7.78. The maximum absolute atomic E-state index is 11.2. The first kappa shape index (κ1) is 11.9. The molecule has 1 aliphatic rings. The van der Waals surface area contributed by atoms with Gasteiger partial charge in [-0.2, -0.15) is 0 Å². The van der Waals surface area contributed by atoms with Crippen molar-refractivity contribution in [1.82, 2.24) is 9.97 Å². The van der Waals surface area contributed by atoms with E-state index in [9.17, 15) is 4.21 Å². The summed E-state index contributed by atoms with van der Waals surface area (Å²) in [6.07, 6.45) is 5.50. The third kappa shape index (κ3) is 3.18. The van der Waals surface area contributed by atoms with E-state index in [0.29, 0.717) is 6.04 Å². The minimum atomic E-state index is -0.602. The summed E-state index contributed by atoms with van der Waals surface area (Å²) in [5.74, 6) is 2.48. The molecule has 0 atom stereocenters. The van der Waals surface area contributed by atoms with Gasteiger partial charge in [0, 0.05) is 34.4 Å². The number of nitrogens with one attached hydrogen (secondary N) is 1. The van der Waals surface area contributed by atoms with Crippen molar-refractivity contribution in [3.63, 3.8) is 0 Å². The van der Waals surface area contributed by atoms with E-state index < -0.39 is 10.8 Å². The molecule has 6 heteroatoms. The SMILES string of the molecule is CSc1cc(NC2CCS(=O)CC2)ncn1. The van der Waals surface area contributed by atoms with Gasteiger partial charge in [-0.05, 0) is 19.1 Å². The molecule has 88 valence electrons. The second kappa shape index (κ2) is 5.63. The Morgan fingerprint density at radius 1 is 1.44 bits per heavy atom. The third-order valence-corrected chi connectivity index (χ3v) is 4.61. The highest BCUT2D eigenvalue weighted by molar-refractivity contribution is 7.98. The molecule has 0 radical (unpaired) electrons. The number of thioether (sulfide) groups is 1. The molecule has 0 saturated carbocycles. The Labute approximate surface area is 102 Å². The van der Waals surface area contributed by atoms with E-state index in [1.165, 1.54) is 0 Å². The number of rotatable bonds is 3. The Morgan fingerprint density at radius 2 is 2.19 bits per heavy atom. The number of hydrogen-bond donors (Lipinski definition) is 1. The highest BCUT2D eigenvalue weighted by atomic mass is 32.2. The van der Waals surface area contributed by atoms with E-state index in [0.717, 1.165) is 35.2 Å². The summed E-state index contributed by atoms with van der Waals surface area (Å²) < 4.78 is 11.2. The van der Waals surface area contributed by atoms with Crippen molar-refractivity contribution < 1.29 is 4.21 Å². The minimum absolute atomic E-state index is 0.405. The summed E-state index contributed by atoms with van der Waals surface area (Å²) >= 11 is 1.61.